The summed E-state index contributed by atoms with van der Waals surface area (Å²) in [5.74, 6) is -0.0360. The van der Waals surface area contributed by atoms with Crippen LogP contribution in [0.3, 0.4) is 0 Å². The first kappa shape index (κ1) is 17.5. The molecule has 2 rings (SSSR count). The Hall–Kier alpha value is -1.85. The van der Waals surface area contributed by atoms with Crippen molar-refractivity contribution >= 4 is 34.8 Å². The van der Waals surface area contributed by atoms with Crippen molar-refractivity contribution < 1.29 is 4.79 Å². The van der Waals surface area contributed by atoms with Crippen LogP contribution in [-0.4, -0.2) is 15.7 Å². The van der Waals surface area contributed by atoms with Crippen LogP contribution in [-0.2, 0) is 11.3 Å². The van der Waals surface area contributed by atoms with Crippen LogP contribution in [0.5, 0.6) is 0 Å². The van der Waals surface area contributed by atoms with Crippen molar-refractivity contribution in [1.29, 1.82) is 0 Å². The van der Waals surface area contributed by atoms with Crippen molar-refractivity contribution in [3.05, 3.63) is 56.4 Å². The molecule has 2 aromatic rings. The lowest BCUT2D eigenvalue weighted by molar-refractivity contribution is -0.117. The van der Waals surface area contributed by atoms with Crippen LogP contribution < -0.4 is 10.9 Å². The smallest absolute Gasteiger partial charge is 0.287 e. The van der Waals surface area contributed by atoms with Gasteiger partial charge in [0, 0.05) is 5.69 Å². The second-order valence-corrected chi connectivity index (χ2v) is 6.00. The number of anilines is 1. The molecule has 1 amide bonds. The van der Waals surface area contributed by atoms with Gasteiger partial charge < -0.3 is 5.32 Å². The van der Waals surface area contributed by atoms with Gasteiger partial charge in [0.15, 0.2) is 0 Å². The van der Waals surface area contributed by atoms with Crippen molar-refractivity contribution in [3.8, 4) is 0 Å². The molecule has 1 atom stereocenters. The Bertz CT molecular complexity index is 774. The Morgan fingerprint density at radius 3 is 2.74 bits per heavy atom. The molecule has 0 unspecified atom stereocenters. The van der Waals surface area contributed by atoms with Gasteiger partial charge in [-0.2, -0.15) is 5.10 Å². The summed E-state index contributed by atoms with van der Waals surface area (Å²) in [4.78, 5) is 24.1. The number of para-hydroxylation sites is 1. The number of carbonyl (C=O) groups is 1. The van der Waals surface area contributed by atoms with Gasteiger partial charge in [-0.25, -0.2) is 4.68 Å². The number of nitrogens with one attached hydrogen (secondary N) is 1. The summed E-state index contributed by atoms with van der Waals surface area (Å²) in [5, 5.41) is 6.56. The Labute approximate surface area is 144 Å². The topological polar surface area (TPSA) is 64.0 Å². The van der Waals surface area contributed by atoms with E-state index in [4.69, 9.17) is 23.2 Å². The molecule has 0 bridgehead atoms. The highest BCUT2D eigenvalue weighted by molar-refractivity contribution is 6.41. The lowest BCUT2D eigenvalue weighted by Crippen LogP contribution is -2.30. The second kappa shape index (κ2) is 7.62. The molecular weight excluding hydrogens is 337 g/mol. The summed E-state index contributed by atoms with van der Waals surface area (Å²) in [6.45, 7) is 3.95. The molecule has 0 fully saturated rings. The van der Waals surface area contributed by atoms with E-state index in [2.05, 4.69) is 24.3 Å². The van der Waals surface area contributed by atoms with Crippen LogP contribution in [0.2, 0.25) is 10.0 Å². The maximum absolute atomic E-state index is 12.2. The standard InChI is InChI=1S/C16H17Cl2N3O2/c1-3-10(2)11-6-4-5-7-13(11)20-14(22)9-21-16(23)15(18)12(17)8-19-21/h4-8,10H,3,9H2,1-2H3,(H,20,22)/t10-/m1/s1. The van der Waals surface area contributed by atoms with Crippen molar-refractivity contribution in [3.63, 3.8) is 0 Å². The van der Waals surface area contributed by atoms with E-state index < -0.39 is 5.56 Å². The maximum atomic E-state index is 12.2. The SMILES string of the molecule is CC[C@@H](C)c1ccccc1NC(=O)Cn1ncc(Cl)c(Cl)c1=O. The Kier molecular flexibility index (Phi) is 5.80. The first-order chi connectivity index (χ1) is 10.9. The van der Waals surface area contributed by atoms with Gasteiger partial charge in [-0.1, -0.05) is 55.2 Å². The van der Waals surface area contributed by atoms with Crippen molar-refractivity contribution in [1.82, 2.24) is 9.78 Å². The highest BCUT2D eigenvalue weighted by Gasteiger charge is 2.14. The fourth-order valence-electron chi connectivity index (χ4n) is 2.14. The van der Waals surface area contributed by atoms with Crippen molar-refractivity contribution in [2.24, 2.45) is 0 Å². The predicted molar refractivity (Wildman–Crippen MR) is 92.3 cm³/mol. The van der Waals surface area contributed by atoms with E-state index in [0.29, 0.717) is 5.92 Å². The molecule has 0 radical (unpaired) electrons. The molecule has 1 heterocycles. The zero-order valence-electron chi connectivity index (χ0n) is 12.8. The quantitative estimate of drug-likeness (QED) is 0.890. The third-order valence-corrected chi connectivity index (χ3v) is 4.36. The van der Waals surface area contributed by atoms with Gasteiger partial charge in [0.2, 0.25) is 5.91 Å². The third kappa shape index (κ3) is 4.12. The molecule has 0 aliphatic carbocycles. The van der Waals surface area contributed by atoms with Gasteiger partial charge in [0.1, 0.15) is 11.6 Å². The van der Waals surface area contributed by atoms with Gasteiger partial charge in [-0.3, -0.25) is 9.59 Å². The lowest BCUT2D eigenvalue weighted by Gasteiger charge is -2.15. The molecule has 23 heavy (non-hydrogen) atoms. The molecule has 0 aliphatic rings. The largest absolute Gasteiger partial charge is 0.324 e. The maximum Gasteiger partial charge on any atom is 0.287 e. The van der Waals surface area contributed by atoms with E-state index in [1.54, 1.807) is 0 Å². The van der Waals surface area contributed by atoms with Crippen molar-refractivity contribution in [2.75, 3.05) is 5.32 Å². The lowest BCUT2D eigenvalue weighted by atomic mass is 9.97. The Morgan fingerprint density at radius 2 is 2.04 bits per heavy atom. The second-order valence-electron chi connectivity index (χ2n) is 5.21. The number of halogens is 2. The monoisotopic (exact) mass is 353 g/mol. The fraction of sp³-hybridized carbons (Fsp3) is 0.312. The zero-order valence-corrected chi connectivity index (χ0v) is 14.4. The summed E-state index contributed by atoms with van der Waals surface area (Å²) in [6.07, 6.45) is 2.20. The molecule has 0 saturated heterocycles. The average Bonchev–Trinajstić information content (AvgIpc) is 2.55. The van der Waals surface area contributed by atoms with Crippen LogP contribution in [0.15, 0.2) is 35.3 Å². The van der Waals surface area contributed by atoms with Crippen LogP contribution >= 0.6 is 23.2 Å². The van der Waals surface area contributed by atoms with Gasteiger partial charge >= 0.3 is 0 Å². The van der Waals surface area contributed by atoms with Crippen LogP contribution in [0.25, 0.3) is 0 Å². The summed E-state index contributed by atoms with van der Waals surface area (Å²) in [7, 11) is 0. The van der Waals surface area contributed by atoms with Gasteiger partial charge in [0.05, 0.1) is 11.2 Å². The molecule has 7 heteroatoms. The zero-order chi connectivity index (χ0) is 17.0. The molecule has 5 nitrogen and oxygen atoms in total. The summed E-state index contributed by atoms with van der Waals surface area (Å²) >= 11 is 11.5. The van der Waals surface area contributed by atoms with E-state index in [0.717, 1.165) is 22.4 Å². The average molecular weight is 354 g/mol. The first-order valence-electron chi connectivity index (χ1n) is 7.24. The van der Waals surface area contributed by atoms with E-state index in [1.807, 2.05) is 24.3 Å². The van der Waals surface area contributed by atoms with Crippen molar-refractivity contribution in [2.45, 2.75) is 32.7 Å². The number of carbonyl (C=O) groups excluding carboxylic acids is 1. The van der Waals surface area contributed by atoms with E-state index in [1.165, 1.54) is 6.20 Å². The number of hydrogen-bond donors (Lipinski definition) is 1. The van der Waals surface area contributed by atoms with Gasteiger partial charge in [0.25, 0.3) is 5.56 Å². The molecule has 1 N–H and O–H groups in total. The number of benzene rings is 1. The minimum absolute atomic E-state index is 0.0652. The fourth-order valence-corrected chi connectivity index (χ4v) is 2.41. The Morgan fingerprint density at radius 1 is 1.35 bits per heavy atom. The summed E-state index contributed by atoms with van der Waals surface area (Å²) in [6, 6.07) is 7.60. The number of rotatable bonds is 5. The highest BCUT2D eigenvalue weighted by atomic mass is 35.5. The van der Waals surface area contributed by atoms with E-state index in [-0.39, 0.29) is 22.5 Å². The van der Waals surface area contributed by atoms with Crippen LogP contribution in [0.4, 0.5) is 5.69 Å². The minimum atomic E-state index is -0.593. The first-order valence-corrected chi connectivity index (χ1v) is 7.99. The highest BCUT2D eigenvalue weighted by Crippen LogP contribution is 2.26. The molecule has 0 spiro atoms. The van der Waals surface area contributed by atoms with E-state index >= 15 is 0 Å². The molecule has 0 aliphatic heterocycles. The molecule has 1 aromatic heterocycles. The van der Waals surface area contributed by atoms with Gasteiger partial charge in [-0.15, -0.1) is 0 Å². The van der Waals surface area contributed by atoms with E-state index in [9.17, 15) is 9.59 Å². The number of nitrogens with zero attached hydrogens (tertiary/aromatic N) is 2. The normalized spacial score (nSPS) is 12.0. The van der Waals surface area contributed by atoms with Gasteiger partial charge in [-0.05, 0) is 24.0 Å². The summed E-state index contributed by atoms with van der Waals surface area (Å²) in [5.41, 5.74) is 1.20. The number of aromatic nitrogens is 2. The predicted octanol–water partition coefficient (Wildman–Crippen LogP) is 3.70. The molecule has 0 saturated carbocycles. The number of hydrogen-bond acceptors (Lipinski definition) is 3. The van der Waals surface area contributed by atoms with Crippen LogP contribution in [0, 0.1) is 0 Å². The molecular formula is C16H17Cl2N3O2. The molecule has 1 aromatic carbocycles. The molecule has 122 valence electrons. The van der Waals surface area contributed by atoms with Crippen LogP contribution in [0.1, 0.15) is 31.7 Å². The third-order valence-electron chi connectivity index (χ3n) is 3.61. The number of amides is 1. The summed E-state index contributed by atoms with van der Waals surface area (Å²) < 4.78 is 0.982. The Balaban J connectivity index is 2.18. The minimum Gasteiger partial charge on any atom is -0.324 e.